The van der Waals surface area contributed by atoms with Gasteiger partial charge in [-0.3, -0.25) is 9.69 Å². The van der Waals surface area contributed by atoms with Crippen LogP contribution >= 0.6 is 0 Å². The number of hydrogen-bond donors (Lipinski definition) is 1. The largest absolute Gasteiger partial charge is 0.481 e. The van der Waals surface area contributed by atoms with Crippen LogP contribution in [-0.4, -0.2) is 29.1 Å². The second-order valence-electron chi connectivity index (χ2n) is 7.02. The monoisotopic (exact) mass is 273 g/mol. The van der Waals surface area contributed by atoms with Crippen molar-refractivity contribution in [3.63, 3.8) is 0 Å². The summed E-state index contributed by atoms with van der Waals surface area (Å²) in [6.07, 6.45) is 2.35. The average Bonchev–Trinajstić information content (AvgIpc) is 3.07. The second-order valence-corrected chi connectivity index (χ2v) is 7.02. The molecule has 1 aromatic carbocycles. The predicted octanol–water partition coefficient (Wildman–Crippen LogP) is 3.01. The van der Waals surface area contributed by atoms with Crippen molar-refractivity contribution in [2.24, 2.45) is 16.7 Å². The molecule has 3 rings (SSSR count). The Balaban J connectivity index is 1.79. The number of carboxylic acid groups (broad SMARTS) is 1. The third kappa shape index (κ3) is 2.14. The van der Waals surface area contributed by atoms with E-state index in [-0.39, 0.29) is 16.7 Å². The van der Waals surface area contributed by atoms with Crippen molar-refractivity contribution in [2.75, 3.05) is 13.1 Å². The van der Waals surface area contributed by atoms with E-state index in [1.54, 1.807) is 0 Å². The number of rotatable bonds is 4. The highest BCUT2D eigenvalue weighted by molar-refractivity contribution is 5.72. The van der Waals surface area contributed by atoms with Gasteiger partial charge < -0.3 is 5.11 Å². The van der Waals surface area contributed by atoms with Crippen LogP contribution in [-0.2, 0) is 11.3 Å². The van der Waals surface area contributed by atoms with Crippen molar-refractivity contribution in [1.82, 2.24) is 4.90 Å². The summed E-state index contributed by atoms with van der Waals surface area (Å²) in [5.74, 6) is -0.866. The van der Waals surface area contributed by atoms with Gasteiger partial charge in [0.2, 0.25) is 0 Å². The third-order valence-corrected chi connectivity index (χ3v) is 5.69. The Kier molecular flexibility index (Phi) is 3.13. The van der Waals surface area contributed by atoms with E-state index in [1.807, 2.05) is 18.2 Å². The van der Waals surface area contributed by atoms with Gasteiger partial charge in [0.1, 0.15) is 0 Å². The molecule has 0 amide bonds. The first kappa shape index (κ1) is 13.6. The number of carboxylic acids is 1. The highest BCUT2D eigenvalue weighted by atomic mass is 16.4. The van der Waals surface area contributed by atoms with Crippen LogP contribution in [0.3, 0.4) is 0 Å². The van der Waals surface area contributed by atoms with Gasteiger partial charge in [-0.15, -0.1) is 0 Å². The minimum absolute atomic E-state index is 0.0897. The Morgan fingerprint density at radius 3 is 2.50 bits per heavy atom. The Labute approximate surface area is 120 Å². The van der Waals surface area contributed by atoms with E-state index in [2.05, 4.69) is 30.9 Å². The van der Waals surface area contributed by atoms with Gasteiger partial charge in [0.05, 0.1) is 5.92 Å². The van der Waals surface area contributed by atoms with Crippen LogP contribution in [0.1, 0.15) is 32.3 Å². The molecule has 0 bridgehead atoms. The lowest BCUT2D eigenvalue weighted by atomic mass is 9.68. The summed E-state index contributed by atoms with van der Waals surface area (Å²) in [6.45, 7) is 6.88. The van der Waals surface area contributed by atoms with Crippen LogP contribution in [0.15, 0.2) is 30.3 Å². The molecule has 1 aliphatic carbocycles. The zero-order valence-corrected chi connectivity index (χ0v) is 12.3. The molecule has 2 fully saturated rings. The van der Waals surface area contributed by atoms with Crippen LogP contribution in [0.5, 0.6) is 0 Å². The van der Waals surface area contributed by atoms with Gasteiger partial charge in [-0.2, -0.15) is 0 Å². The first-order chi connectivity index (χ1) is 9.45. The van der Waals surface area contributed by atoms with Crippen molar-refractivity contribution in [1.29, 1.82) is 0 Å². The summed E-state index contributed by atoms with van der Waals surface area (Å²) >= 11 is 0. The lowest BCUT2D eigenvalue weighted by Gasteiger charge is -2.35. The van der Waals surface area contributed by atoms with Gasteiger partial charge in [0.25, 0.3) is 0 Å². The lowest BCUT2D eigenvalue weighted by molar-refractivity contribution is -0.146. The van der Waals surface area contributed by atoms with E-state index in [0.717, 1.165) is 13.1 Å². The van der Waals surface area contributed by atoms with Crippen molar-refractivity contribution >= 4 is 5.97 Å². The zero-order valence-electron chi connectivity index (χ0n) is 12.3. The first-order valence-corrected chi connectivity index (χ1v) is 7.44. The van der Waals surface area contributed by atoms with Gasteiger partial charge in [0, 0.05) is 25.0 Å². The predicted molar refractivity (Wildman–Crippen MR) is 78.3 cm³/mol. The smallest absolute Gasteiger partial charge is 0.308 e. The van der Waals surface area contributed by atoms with Crippen LogP contribution in [0.4, 0.5) is 0 Å². The molecule has 3 nitrogen and oxygen atoms in total. The molecule has 1 N–H and O–H groups in total. The normalized spacial score (nSPS) is 32.2. The number of aliphatic carboxylic acids is 1. The van der Waals surface area contributed by atoms with Crippen LogP contribution < -0.4 is 0 Å². The highest BCUT2D eigenvalue weighted by Gasteiger charge is 2.61. The standard InChI is InChI=1S/C17H23NO2/c1-16(8-9-16)17(2)12-18(11-14(17)15(19)20)10-13-6-4-3-5-7-13/h3-7,14H,8-12H2,1-2H3,(H,19,20). The van der Waals surface area contributed by atoms with E-state index in [4.69, 9.17) is 0 Å². The second kappa shape index (κ2) is 4.59. The Bertz CT molecular complexity index is 509. The third-order valence-electron chi connectivity index (χ3n) is 5.69. The molecule has 1 heterocycles. The lowest BCUT2D eigenvalue weighted by Crippen LogP contribution is -2.39. The van der Waals surface area contributed by atoms with Gasteiger partial charge in [-0.25, -0.2) is 0 Å². The molecule has 1 saturated carbocycles. The summed E-state index contributed by atoms with van der Waals surface area (Å²) in [7, 11) is 0. The molecule has 0 aromatic heterocycles. The molecule has 3 heteroatoms. The number of hydrogen-bond acceptors (Lipinski definition) is 2. The van der Waals surface area contributed by atoms with E-state index in [0.29, 0.717) is 6.54 Å². The molecule has 2 atom stereocenters. The van der Waals surface area contributed by atoms with Crippen LogP contribution in [0.25, 0.3) is 0 Å². The highest BCUT2D eigenvalue weighted by Crippen LogP contribution is 2.63. The Hall–Kier alpha value is -1.35. The number of benzene rings is 1. The van der Waals surface area contributed by atoms with E-state index >= 15 is 0 Å². The summed E-state index contributed by atoms with van der Waals surface area (Å²) in [5.41, 5.74) is 1.40. The fourth-order valence-corrected chi connectivity index (χ4v) is 3.78. The van der Waals surface area contributed by atoms with E-state index in [9.17, 15) is 9.90 Å². The molecule has 108 valence electrons. The molecule has 20 heavy (non-hydrogen) atoms. The molecular formula is C17H23NO2. The molecule has 2 aliphatic rings. The molecule has 1 aliphatic heterocycles. The fourth-order valence-electron chi connectivity index (χ4n) is 3.78. The van der Waals surface area contributed by atoms with E-state index < -0.39 is 5.97 Å². The van der Waals surface area contributed by atoms with Crippen molar-refractivity contribution in [2.45, 2.75) is 33.2 Å². The quantitative estimate of drug-likeness (QED) is 0.916. The van der Waals surface area contributed by atoms with Gasteiger partial charge in [-0.1, -0.05) is 44.2 Å². The number of likely N-dealkylation sites (tertiary alicyclic amines) is 1. The topological polar surface area (TPSA) is 40.5 Å². The Morgan fingerprint density at radius 2 is 1.95 bits per heavy atom. The summed E-state index contributed by atoms with van der Waals surface area (Å²) < 4.78 is 0. The number of carbonyl (C=O) groups is 1. The average molecular weight is 273 g/mol. The summed E-state index contributed by atoms with van der Waals surface area (Å²) in [6, 6.07) is 10.3. The van der Waals surface area contributed by atoms with Crippen molar-refractivity contribution < 1.29 is 9.90 Å². The van der Waals surface area contributed by atoms with Crippen molar-refractivity contribution in [3.05, 3.63) is 35.9 Å². The fraction of sp³-hybridized carbons (Fsp3) is 0.588. The van der Waals surface area contributed by atoms with Crippen molar-refractivity contribution in [3.8, 4) is 0 Å². The summed E-state index contributed by atoms with van der Waals surface area (Å²) in [4.78, 5) is 14.0. The molecule has 1 aromatic rings. The molecule has 2 unspecified atom stereocenters. The zero-order chi connectivity index (χ0) is 14.4. The minimum Gasteiger partial charge on any atom is -0.481 e. The van der Waals surface area contributed by atoms with Gasteiger partial charge in [0.15, 0.2) is 0 Å². The van der Waals surface area contributed by atoms with E-state index in [1.165, 1.54) is 18.4 Å². The van der Waals surface area contributed by atoms with Gasteiger partial charge in [-0.05, 0) is 23.8 Å². The van der Waals surface area contributed by atoms with Crippen LogP contribution in [0, 0.1) is 16.7 Å². The van der Waals surface area contributed by atoms with Crippen LogP contribution in [0.2, 0.25) is 0 Å². The maximum atomic E-state index is 11.7. The minimum atomic E-state index is -0.629. The maximum Gasteiger partial charge on any atom is 0.308 e. The van der Waals surface area contributed by atoms with Gasteiger partial charge >= 0.3 is 5.97 Å². The SMILES string of the molecule is CC1(C2(C)CN(Cc3ccccc3)CC2C(=O)O)CC1. The summed E-state index contributed by atoms with van der Waals surface area (Å²) in [5, 5.41) is 9.60. The maximum absolute atomic E-state index is 11.7. The molecule has 0 radical (unpaired) electrons. The first-order valence-electron chi connectivity index (χ1n) is 7.44. The molecule has 0 spiro atoms. The Morgan fingerprint density at radius 1 is 1.30 bits per heavy atom. The molecular weight excluding hydrogens is 250 g/mol. The number of nitrogens with zero attached hydrogens (tertiary/aromatic N) is 1. The molecule has 1 saturated heterocycles.